The van der Waals surface area contributed by atoms with Crippen molar-refractivity contribution >= 4 is 17.7 Å². The molecule has 0 saturated heterocycles. The minimum absolute atomic E-state index is 0.163. The van der Waals surface area contributed by atoms with Crippen LogP contribution in [0, 0.1) is 11.3 Å². The van der Waals surface area contributed by atoms with Gasteiger partial charge in [0.15, 0.2) is 0 Å². The molecule has 0 spiro atoms. The second-order valence-corrected chi connectivity index (χ2v) is 9.53. The van der Waals surface area contributed by atoms with Crippen LogP contribution in [0.1, 0.15) is 57.2 Å². The Bertz CT molecular complexity index is 795. The summed E-state index contributed by atoms with van der Waals surface area (Å²) in [6, 6.07) is 3.38. The highest BCUT2D eigenvalue weighted by Gasteiger charge is 2.31. The zero-order valence-corrected chi connectivity index (χ0v) is 19.0. The molecule has 0 bridgehead atoms. The lowest BCUT2D eigenvalue weighted by atomic mass is 9.79. The van der Waals surface area contributed by atoms with Gasteiger partial charge in [0.25, 0.3) is 0 Å². The van der Waals surface area contributed by atoms with Crippen LogP contribution in [0.4, 0.5) is 5.82 Å². The van der Waals surface area contributed by atoms with Gasteiger partial charge in [-0.3, -0.25) is 15.0 Å². The average molecular weight is 449 g/mol. The molecule has 1 aliphatic carbocycles. The predicted molar refractivity (Wildman–Crippen MR) is 120 cm³/mol. The first-order chi connectivity index (χ1) is 15.3. The Morgan fingerprint density at radius 1 is 1.34 bits per heavy atom. The van der Waals surface area contributed by atoms with E-state index in [4.69, 9.17) is 9.72 Å². The number of hydrogen-bond donors (Lipinski definition) is 5. The standard InChI is InChI=1S/C23H36N4O5/c1-23(2,14-28)22(31)27-26-19(21(29)30)9-11-32-18-12-15(13-18)5-7-17-8-6-16-4-3-10-24-20(16)25-17/h6,8,15,18-19,26,28H,3-5,7,9-14H2,1-2H3,(H,24,25)(H,27,31)(H,29,30). The summed E-state index contributed by atoms with van der Waals surface area (Å²) in [6.45, 7) is 4.13. The van der Waals surface area contributed by atoms with E-state index in [9.17, 15) is 19.8 Å². The van der Waals surface area contributed by atoms with Crippen molar-refractivity contribution in [2.24, 2.45) is 11.3 Å². The Labute approximate surface area is 189 Å². The minimum atomic E-state index is -1.06. The molecule has 1 saturated carbocycles. The molecule has 1 unspecified atom stereocenters. The van der Waals surface area contributed by atoms with Gasteiger partial charge >= 0.3 is 5.97 Å². The van der Waals surface area contributed by atoms with Gasteiger partial charge in [-0.2, -0.15) is 0 Å². The second kappa shape index (κ2) is 11.1. The van der Waals surface area contributed by atoms with Crippen molar-refractivity contribution in [1.82, 2.24) is 15.8 Å². The highest BCUT2D eigenvalue weighted by Crippen LogP contribution is 2.34. The molecule has 0 radical (unpaired) electrons. The van der Waals surface area contributed by atoms with E-state index in [2.05, 4.69) is 28.3 Å². The van der Waals surface area contributed by atoms with E-state index in [1.165, 1.54) is 5.56 Å². The van der Waals surface area contributed by atoms with Crippen LogP contribution in [0.3, 0.4) is 0 Å². The van der Waals surface area contributed by atoms with Crippen LogP contribution in [-0.2, 0) is 27.2 Å². The number of hydrogen-bond acceptors (Lipinski definition) is 7. The summed E-state index contributed by atoms with van der Waals surface area (Å²) in [7, 11) is 0. The SMILES string of the molecule is CC(C)(CO)C(=O)NNC(CCOC1CC(CCc2ccc3c(n2)NCCC3)C1)C(=O)O. The zero-order valence-electron chi connectivity index (χ0n) is 19.0. The topological polar surface area (TPSA) is 133 Å². The molecule has 9 heteroatoms. The van der Waals surface area contributed by atoms with Crippen molar-refractivity contribution in [2.45, 2.75) is 70.9 Å². The molecular weight excluding hydrogens is 412 g/mol. The third kappa shape index (κ3) is 6.63. The van der Waals surface area contributed by atoms with Crippen molar-refractivity contribution in [3.8, 4) is 0 Å². The number of fused-ring (bicyclic) bond motifs is 1. The lowest BCUT2D eigenvalue weighted by molar-refractivity contribution is -0.141. The molecule has 1 aromatic heterocycles. The van der Waals surface area contributed by atoms with E-state index in [0.717, 1.165) is 56.6 Å². The predicted octanol–water partition coefficient (Wildman–Crippen LogP) is 1.65. The molecule has 5 N–H and O–H groups in total. The van der Waals surface area contributed by atoms with Crippen LogP contribution in [-0.4, -0.2) is 59.0 Å². The lowest BCUT2D eigenvalue weighted by Crippen LogP contribution is -2.53. The van der Waals surface area contributed by atoms with E-state index < -0.39 is 23.3 Å². The first kappa shape index (κ1) is 24.4. The highest BCUT2D eigenvalue weighted by atomic mass is 16.5. The number of aliphatic hydroxyl groups is 1. The normalized spacial score (nSPS) is 21.1. The van der Waals surface area contributed by atoms with E-state index in [-0.39, 0.29) is 19.1 Å². The van der Waals surface area contributed by atoms with Gasteiger partial charge in [-0.1, -0.05) is 6.07 Å². The molecule has 1 aromatic rings. The maximum absolute atomic E-state index is 12.0. The number of aryl methyl sites for hydroxylation is 2. The van der Waals surface area contributed by atoms with E-state index >= 15 is 0 Å². The van der Waals surface area contributed by atoms with Crippen LogP contribution in [0.25, 0.3) is 0 Å². The summed E-state index contributed by atoms with van der Waals surface area (Å²) in [5.74, 6) is 0.132. The Hall–Kier alpha value is -2.23. The Kier molecular flexibility index (Phi) is 8.44. The minimum Gasteiger partial charge on any atom is -0.480 e. The number of nitrogens with one attached hydrogen (secondary N) is 3. The quantitative estimate of drug-likeness (QED) is 0.305. The van der Waals surface area contributed by atoms with Gasteiger partial charge in [0.2, 0.25) is 5.91 Å². The third-order valence-electron chi connectivity index (χ3n) is 6.38. The number of pyridine rings is 1. The molecule has 1 aliphatic heterocycles. The lowest BCUT2D eigenvalue weighted by Gasteiger charge is -2.35. The Morgan fingerprint density at radius 2 is 2.12 bits per heavy atom. The maximum atomic E-state index is 12.0. The largest absolute Gasteiger partial charge is 0.480 e. The Morgan fingerprint density at radius 3 is 2.84 bits per heavy atom. The number of carbonyl (C=O) groups excluding carboxylic acids is 1. The fourth-order valence-electron chi connectivity index (χ4n) is 3.91. The summed E-state index contributed by atoms with van der Waals surface area (Å²) in [6.07, 6.45) is 6.67. The zero-order chi connectivity index (χ0) is 23.1. The molecule has 2 heterocycles. The molecule has 0 aromatic carbocycles. The average Bonchev–Trinajstić information content (AvgIpc) is 2.75. The number of rotatable bonds is 12. The van der Waals surface area contributed by atoms with Gasteiger partial charge in [-0.05, 0) is 76.3 Å². The number of aliphatic hydroxyl groups excluding tert-OH is 1. The molecule has 3 rings (SSSR count). The summed E-state index contributed by atoms with van der Waals surface area (Å²) in [5, 5.41) is 21.9. The highest BCUT2D eigenvalue weighted by molar-refractivity contribution is 5.82. The number of aliphatic carboxylic acids is 1. The van der Waals surface area contributed by atoms with Crippen LogP contribution in [0.5, 0.6) is 0 Å². The first-order valence-electron chi connectivity index (χ1n) is 11.5. The smallest absolute Gasteiger partial charge is 0.322 e. The van der Waals surface area contributed by atoms with Gasteiger partial charge in [0.1, 0.15) is 11.9 Å². The molecule has 2 aliphatic rings. The molecule has 1 amide bonds. The molecule has 1 fully saturated rings. The van der Waals surface area contributed by atoms with Crippen molar-refractivity contribution in [3.63, 3.8) is 0 Å². The third-order valence-corrected chi connectivity index (χ3v) is 6.38. The number of hydrazine groups is 1. The molecule has 178 valence electrons. The monoisotopic (exact) mass is 448 g/mol. The summed E-state index contributed by atoms with van der Waals surface area (Å²) < 4.78 is 5.83. The van der Waals surface area contributed by atoms with E-state index in [0.29, 0.717) is 12.5 Å². The van der Waals surface area contributed by atoms with Crippen LogP contribution >= 0.6 is 0 Å². The number of amides is 1. The van der Waals surface area contributed by atoms with Gasteiger partial charge < -0.3 is 20.3 Å². The van der Waals surface area contributed by atoms with Gasteiger partial charge in [0, 0.05) is 18.8 Å². The molecule has 9 nitrogen and oxygen atoms in total. The van der Waals surface area contributed by atoms with Gasteiger partial charge in [0.05, 0.1) is 18.1 Å². The van der Waals surface area contributed by atoms with Crippen molar-refractivity contribution in [2.75, 3.05) is 25.1 Å². The van der Waals surface area contributed by atoms with Crippen molar-refractivity contribution in [1.29, 1.82) is 0 Å². The number of nitrogens with zero attached hydrogens (tertiary/aromatic N) is 1. The van der Waals surface area contributed by atoms with Gasteiger partial charge in [-0.25, -0.2) is 10.4 Å². The number of carboxylic acids is 1. The summed E-state index contributed by atoms with van der Waals surface area (Å²) in [4.78, 5) is 28.1. The van der Waals surface area contributed by atoms with E-state index in [1.54, 1.807) is 13.8 Å². The van der Waals surface area contributed by atoms with Crippen molar-refractivity contribution < 1.29 is 24.5 Å². The van der Waals surface area contributed by atoms with Crippen LogP contribution < -0.4 is 16.2 Å². The number of carboxylic acid groups (broad SMARTS) is 1. The maximum Gasteiger partial charge on any atom is 0.322 e. The summed E-state index contributed by atoms with van der Waals surface area (Å²) in [5.41, 5.74) is 6.37. The molecular formula is C23H36N4O5. The number of carbonyl (C=O) groups is 2. The van der Waals surface area contributed by atoms with E-state index in [1.807, 2.05) is 0 Å². The number of aromatic nitrogens is 1. The van der Waals surface area contributed by atoms with Crippen molar-refractivity contribution in [3.05, 3.63) is 23.4 Å². The second-order valence-electron chi connectivity index (χ2n) is 9.53. The fraction of sp³-hybridized carbons (Fsp3) is 0.696. The molecule has 32 heavy (non-hydrogen) atoms. The molecule has 1 atom stereocenters. The number of anilines is 1. The van der Waals surface area contributed by atoms with Crippen LogP contribution in [0.2, 0.25) is 0 Å². The Balaban J connectivity index is 1.31. The first-order valence-corrected chi connectivity index (χ1v) is 11.5. The summed E-state index contributed by atoms with van der Waals surface area (Å²) >= 11 is 0. The fourth-order valence-corrected chi connectivity index (χ4v) is 3.91. The van der Waals surface area contributed by atoms with Gasteiger partial charge in [-0.15, -0.1) is 0 Å². The number of ether oxygens (including phenoxy) is 1. The van der Waals surface area contributed by atoms with Crippen LogP contribution in [0.15, 0.2) is 12.1 Å².